The summed E-state index contributed by atoms with van der Waals surface area (Å²) in [6, 6.07) is 12.5. The van der Waals surface area contributed by atoms with Crippen molar-refractivity contribution < 1.29 is 24.2 Å². The third-order valence-electron chi connectivity index (χ3n) is 5.13. The highest BCUT2D eigenvalue weighted by molar-refractivity contribution is 5.90. The number of rotatable bonds is 10. The van der Waals surface area contributed by atoms with Gasteiger partial charge in [0.1, 0.15) is 5.75 Å². The van der Waals surface area contributed by atoms with Crippen molar-refractivity contribution >= 4 is 28.7 Å². The molecule has 0 unspecified atom stereocenters. The summed E-state index contributed by atoms with van der Waals surface area (Å²) in [7, 11) is 1.52. The molecule has 2 N–H and O–H groups in total. The lowest BCUT2D eigenvalue weighted by atomic mass is 10.1. The van der Waals surface area contributed by atoms with Gasteiger partial charge in [-0.3, -0.25) is 5.32 Å². The first kappa shape index (κ1) is 22.2. The van der Waals surface area contributed by atoms with Crippen LogP contribution < -0.4 is 10.1 Å². The normalized spacial score (nSPS) is 10.8. The van der Waals surface area contributed by atoms with Gasteiger partial charge in [0, 0.05) is 17.4 Å². The molecule has 1 heterocycles. The Morgan fingerprint density at radius 3 is 2.65 bits per heavy atom. The van der Waals surface area contributed by atoms with E-state index in [1.807, 2.05) is 35.0 Å². The monoisotopic (exact) mass is 424 g/mol. The van der Waals surface area contributed by atoms with Crippen molar-refractivity contribution in [3.63, 3.8) is 0 Å². The topological polar surface area (TPSA) is 89.8 Å². The molecule has 3 rings (SSSR count). The molecule has 0 radical (unpaired) electrons. The number of nitrogens with zero attached hydrogens (tertiary/aromatic N) is 1. The predicted octanol–water partition coefficient (Wildman–Crippen LogP) is 5.53. The van der Waals surface area contributed by atoms with Crippen LogP contribution in [0.25, 0.3) is 10.9 Å². The Kier molecular flexibility index (Phi) is 7.54. The van der Waals surface area contributed by atoms with Crippen LogP contribution in [0.1, 0.15) is 48.5 Å². The number of amides is 1. The van der Waals surface area contributed by atoms with E-state index in [-0.39, 0.29) is 5.56 Å². The highest BCUT2D eigenvalue weighted by atomic mass is 16.5. The number of carbonyl (C=O) groups excluding carboxylic acids is 1. The fourth-order valence-corrected chi connectivity index (χ4v) is 3.44. The SMILES string of the molecule is CCCCCCOC(=O)Nc1ccc2ccn(Cc3ccc(C(=O)O)cc3OC)c2c1. The maximum atomic E-state index is 12.1. The van der Waals surface area contributed by atoms with Crippen LogP contribution in [0.2, 0.25) is 0 Å². The maximum absolute atomic E-state index is 12.1. The number of carboxylic acid groups (broad SMARTS) is 1. The summed E-state index contributed by atoms with van der Waals surface area (Å²) < 4.78 is 12.7. The number of carboxylic acids is 1. The summed E-state index contributed by atoms with van der Waals surface area (Å²) in [5.41, 5.74) is 2.62. The van der Waals surface area contributed by atoms with E-state index in [2.05, 4.69) is 12.2 Å². The fourth-order valence-electron chi connectivity index (χ4n) is 3.44. The van der Waals surface area contributed by atoms with E-state index in [0.717, 1.165) is 42.1 Å². The molecule has 0 saturated heterocycles. The largest absolute Gasteiger partial charge is 0.496 e. The van der Waals surface area contributed by atoms with E-state index in [1.165, 1.54) is 13.2 Å². The van der Waals surface area contributed by atoms with Crippen LogP contribution in [0.5, 0.6) is 5.75 Å². The van der Waals surface area contributed by atoms with Gasteiger partial charge in [-0.05, 0) is 42.1 Å². The molecule has 3 aromatic rings. The summed E-state index contributed by atoms with van der Waals surface area (Å²) >= 11 is 0. The van der Waals surface area contributed by atoms with Crippen LogP contribution in [0.3, 0.4) is 0 Å². The molecular formula is C24H28N2O5. The first-order valence-electron chi connectivity index (χ1n) is 10.4. The van der Waals surface area contributed by atoms with Gasteiger partial charge in [0.15, 0.2) is 0 Å². The van der Waals surface area contributed by atoms with Crippen molar-refractivity contribution in [3.05, 3.63) is 59.8 Å². The molecule has 0 saturated carbocycles. The summed E-state index contributed by atoms with van der Waals surface area (Å²) in [6.07, 6.45) is 5.70. The number of carbonyl (C=O) groups is 2. The van der Waals surface area contributed by atoms with Crippen LogP contribution in [-0.2, 0) is 11.3 Å². The summed E-state index contributed by atoms with van der Waals surface area (Å²) in [5, 5.41) is 13.0. The van der Waals surface area contributed by atoms with E-state index in [4.69, 9.17) is 9.47 Å². The summed E-state index contributed by atoms with van der Waals surface area (Å²) in [5.74, 6) is -0.480. The summed E-state index contributed by atoms with van der Waals surface area (Å²) in [6.45, 7) is 3.05. The molecule has 7 nitrogen and oxygen atoms in total. The lowest BCUT2D eigenvalue weighted by Crippen LogP contribution is -2.14. The van der Waals surface area contributed by atoms with Gasteiger partial charge in [-0.2, -0.15) is 0 Å². The number of anilines is 1. The minimum atomic E-state index is -0.996. The van der Waals surface area contributed by atoms with Crippen molar-refractivity contribution in [2.24, 2.45) is 0 Å². The first-order chi connectivity index (χ1) is 15.0. The smallest absolute Gasteiger partial charge is 0.411 e. The molecule has 2 aromatic carbocycles. The van der Waals surface area contributed by atoms with Crippen LogP contribution in [0, 0.1) is 0 Å². The summed E-state index contributed by atoms with van der Waals surface area (Å²) in [4.78, 5) is 23.3. The Balaban J connectivity index is 1.72. The molecule has 0 spiro atoms. The number of nitrogens with one attached hydrogen (secondary N) is 1. The number of methoxy groups -OCH3 is 1. The van der Waals surface area contributed by atoms with Crippen molar-refractivity contribution in [2.75, 3.05) is 19.0 Å². The Morgan fingerprint density at radius 2 is 1.90 bits per heavy atom. The van der Waals surface area contributed by atoms with E-state index < -0.39 is 12.1 Å². The number of hydrogen-bond donors (Lipinski definition) is 2. The highest BCUT2D eigenvalue weighted by Crippen LogP contribution is 2.26. The van der Waals surface area contributed by atoms with Gasteiger partial charge in [0.2, 0.25) is 0 Å². The van der Waals surface area contributed by atoms with Gasteiger partial charge in [-0.25, -0.2) is 9.59 Å². The Bertz CT molecular complexity index is 1060. The number of aromatic carboxylic acids is 1. The molecule has 31 heavy (non-hydrogen) atoms. The Hall–Kier alpha value is -3.48. The molecule has 0 aliphatic heterocycles. The Labute approximate surface area is 181 Å². The van der Waals surface area contributed by atoms with E-state index in [1.54, 1.807) is 12.1 Å². The third-order valence-corrected chi connectivity index (χ3v) is 5.13. The second kappa shape index (κ2) is 10.5. The van der Waals surface area contributed by atoms with Crippen LogP contribution in [0.15, 0.2) is 48.7 Å². The molecule has 0 bridgehead atoms. The van der Waals surface area contributed by atoms with Crippen molar-refractivity contribution in [3.8, 4) is 5.75 Å². The van der Waals surface area contributed by atoms with Gasteiger partial charge in [-0.1, -0.05) is 38.3 Å². The average Bonchev–Trinajstić information content (AvgIpc) is 3.15. The zero-order chi connectivity index (χ0) is 22.2. The first-order valence-corrected chi connectivity index (χ1v) is 10.4. The molecule has 7 heteroatoms. The number of aromatic nitrogens is 1. The van der Waals surface area contributed by atoms with Gasteiger partial charge in [0.05, 0.1) is 31.3 Å². The molecule has 0 aliphatic carbocycles. The van der Waals surface area contributed by atoms with Gasteiger partial charge in [0.25, 0.3) is 0 Å². The number of fused-ring (bicyclic) bond motifs is 1. The molecule has 164 valence electrons. The molecule has 1 amide bonds. The molecule has 0 fully saturated rings. The number of benzene rings is 2. The van der Waals surface area contributed by atoms with Crippen molar-refractivity contribution in [2.45, 2.75) is 39.2 Å². The fraction of sp³-hybridized carbons (Fsp3) is 0.333. The minimum absolute atomic E-state index is 0.178. The maximum Gasteiger partial charge on any atom is 0.411 e. The van der Waals surface area contributed by atoms with Crippen molar-refractivity contribution in [1.82, 2.24) is 4.57 Å². The van der Waals surface area contributed by atoms with Crippen molar-refractivity contribution in [1.29, 1.82) is 0 Å². The van der Waals surface area contributed by atoms with E-state index in [9.17, 15) is 14.7 Å². The van der Waals surface area contributed by atoms with Crippen LogP contribution in [-0.4, -0.2) is 35.5 Å². The van der Waals surface area contributed by atoms with Crippen LogP contribution in [0.4, 0.5) is 10.5 Å². The van der Waals surface area contributed by atoms with Gasteiger partial charge >= 0.3 is 12.1 Å². The van der Waals surface area contributed by atoms with Gasteiger partial charge < -0.3 is 19.1 Å². The quantitative estimate of drug-likeness (QED) is 0.418. The number of ether oxygens (including phenoxy) is 2. The zero-order valence-electron chi connectivity index (χ0n) is 17.9. The molecule has 0 atom stereocenters. The predicted molar refractivity (Wildman–Crippen MR) is 120 cm³/mol. The lowest BCUT2D eigenvalue weighted by Gasteiger charge is -2.12. The zero-order valence-corrected chi connectivity index (χ0v) is 17.9. The highest BCUT2D eigenvalue weighted by Gasteiger charge is 2.12. The molecular weight excluding hydrogens is 396 g/mol. The second-order valence-electron chi connectivity index (χ2n) is 7.37. The molecule has 1 aromatic heterocycles. The third kappa shape index (κ3) is 5.78. The molecule has 0 aliphatic rings. The second-order valence-corrected chi connectivity index (χ2v) is 7.37. The standard InChI is InChI=1S/C24H28N2O5/c1-3-4-5-6-13-31-24(29)25-20-10-9-17-11-12-26(21(17)15-20)16-19-8-7-18(23(27)28)14-22(19)30-2/h7-12,14-15H,3-6,13,16H2,1-2H3,(H,25,29)(H,27,28). The number of hydrogen-bond acceptors (Lipinski definition) is 4. The number of unbranched alkanes of at least 4 members (excludes halogenated alkanes) is 3. The van der Waals surface area contributed by atoms with E-state index >= 15 is 0 Å². The van der Waals surface area contributed by atoms with Gasteiger partial charge in [-0.15, -0.1) is 0 Å². The van der Waals surface area contributed by atoms with E-state index in [0.29, 0.717) is 24.6 Å². The Morgan fingerprint density at radius 1 is 1.06 bits per heavy atom. The average molecular weight is 424 g/mol. The minimum Gasteiger partial charge on any atom is -0.496 e. The van der Waals surface area contributed by atoms with Crippen LogP contribution >= 0.6 is 0 Å². The lowest BCUT2D eigenvalue weighted by molar-refractivity contribution is 0.0696.